The third-order valence-electron chi connectivity index (χ3n) is 3.32. The second-order valence-corrected chi connectivity index (χ2v) is 5.49. The number of aryl methyl sites for hydroxylation is 2. The van der Waals surface area contributed by atoms with E-state index < -0.39 is 0 Å². The summed E-state index contributed by atoms with van der Waals surface area (Å²) in [5.41, 5.74) is 3.58. The van der Waals surface area contributed by atoms with Crippen molar-refractivity contribution in [2.75, 3.05) is 31.6 Å². The number of nitrogens with one attached hydrogen (secondary N) is 1. The number of ether oxygens (including phenoxy) is 1. The lowest BCUT2D eigenvalue weighted by atomic mass is 10.1. The van der Waals surface area contributed by atoms with E-state index in [1.54, 1.807) is 0 Å². The van der Waals surface area contributed by atoms with Gasteiger partial charge in [0, 0.05) is 19.3 Å². The number of carbonyl (C=O) groups is 1. The Morgan fingerprint density at radius 2 is 1.86 bits per heavy atom. The Hall–Kier alpha value is -1.55. The molecule has 0 heterocycles. The average molecular weight is 292 g/mol. The molecule has 118 valence electrons. The Morgan fingerprint density at radius 1 is 1.24 bits per heavy atom. The van der Waals surface area contributed by atoms with E-state index in [9.17, 15) is 4.79 Å². The summed E-state index contributed by atoms with van der Waals surface area (Å²) >= 11 is 0. The standard InChI is InChI=1S/C17H28N2O2/c1-6-8-18-16(17(20)21-7-2)12-19(5)15-10-13(3)9-14(4)11-15/h9-11,16,18H,6-8,12H2,1-5H3. The van der Waals surface area contributed by atoms with Gasteiger partial charge in [-0.15, -0.1) is 0 Å². The number of likely N-dealkylation sites (N-methyl/N-ethyl adjacent to an activating group) is 1. The summed E-state index contributed by atoms with van der Waals surface area (Å²) < 4.78 is 5.16. The zero-order valence-corrected chi connectivity index (χ0v) is 13.9. The molecule has 0 aliphatic rings. The molecule has 1 atom stereocenters. The third-order valence-corrected chi connectivity index (χ3v) is 3.32. The smallest absolute Gasteiger partial charge is 0.324 e. The second kappa shape index (κ2) is 8.67. The van der Waals surface area contributed by atoms with E-state index in [4.69, 9.17) is 4.74 Å². The van der Waals surface area contributed by atoms with Crippen molar-refractivity contribution in [1.82, 2.24) is 5.32 Å². The van der Waals surface area contributed by atoms with Crippen LogP contribution in [0, 0.1) is 13.8 Å². The highest BCUT2D eigenvalue weighted by molar-refractivity contribution is 5.76. The number of anilines is 1. The summed E-state index contributed by atoms with van der Waals surface area (Å²) in [6.07, 6.45) is 0.989. The minimum atomic E-state index is -0.296. The van der Waals surface area contributed by atoms with E-state index in [-0.39, 0.29) is 12.0 Å². The maximum atomic E-state index is 12.0. The van der Waals surface area contributed by atoms with E-state index in [1.165, 1.54) is 11.1 Å². The van der Waals surface area contributed by atoms with Gasteiger partial charge in [0.05, 0.1) is 6.61 Å². The number of hydrogen-bond acceptors (Lipinski definition) is 4. The molecule has 1 aromatic rings. The SMILES string of the molecule is CCCNC(CN(C)c1cc(C)cc(C)c1)C(=O)OCC. The summed E-state index contributed by atoms with van der Waals surface area (Å²) in [5, 5.41) is 3.27. The van der Waals surface area contributed by atoms with Crippen molar-refractivity contribution in [1.29, 1.82) is 0 Å². The fourth-order valence-electron chi connectivity index (χ4n) is 2.33. The largest absolute Gasteiger partial charge is 0.465 e. The Balaban J connectivity index is 2.78. The quantitative estimate of drug-likeness (QED) is 0.748. The molecular formula is C17H28N2O2. The number of carbonyl (C=O) groups excluding carboxylic acids is 1. The molecule has 0 aliphatic carbocycles. The summed E-state index contributed by atoms with van der Waals surface area (Å²) in [6, 6.07) is 6.12. The predicted molar refractivity (Wildman–Crippen MR) is 87.9 cm³/mol. The molecule has 0 aliphatic heterocycles. The predicted octanol–water partition coefficient (Wildman–Crippen LogP) is 2.67. The molecule has 4 heteroatoms. The molecule has 0 amide bonds. The van der Waals surface area contributed by atoms with Gasteiger partial charge >= 0.3 is 5.97 Å². The Labute approximate surface area is 128 Å². The normalized spacial score (nSPS) is 12.0. The van der Waals surface area contributed by atoms with Crippen molar-refractivity contribution < 1.29 is 9.53 Å². The van der Waals surface area contributed by atoms with Crippen LogP contribution >= 0.6 is 0 Å². The van der Waals surface area contributed by atoms with E-state index in [2.05, 4.69) is 49.2 Å². The molecule has 1 rings (SSSR count). The first-order chi connectivity index (χ1) is 9.97. The fourth-order valence-corrected chi connectivity index (χ4v) is 2.33. The van der Waals surface area contributed by atoms with Gasteiger partial charge in [0.15, 0.2) is 0 Å². The molecule has 1 unspecified atom stereocenters. The van der Waals surface area contributed by atoms with Gasteiger partial charge in [-0.05, 0) is 57.0 Å². The average Bonchev–Trinajstić information content (AvgIpc) is 2.42. The molecule has 21 heavy (non-hydrogen) atoms. The first-order valence-electron chi connectivity index (χ1n) is 7.67. The lowest BCUT2D eigenvalue weighted by Crippen LogP contribution is -2.46. The first kappa shape index (κ1) is 17.5. The molecule has 0 aromatic heterocycles. The molecule has 0 spiro atoms. The van der Waals surface area contributed by atoms with Gasteiger partial charge in [-0.3, -0.25) is 4.79 Å². The summed E-state index contributed by atoms with van der Waals surface area (Å²) in [6.45, 7) is 9.92. The highest BCUT2D eigenvalue weighted by Gasteiger charge is 2.21. The van der Waals surface area contributed by atoms with Gasteiger partial charge in [0.1, 0.15) is 6.04 Å². The molecule has 0 fully saturated rings. The number of hydrogen-bond donors (Lipinski definition) is 1. The highest BCUT2D eigenvalue weighted by atomic mass is 16.5. The minimum Gasteiger partial charge on any atom is -0.465 e. The van der Waals surface area contributed by atoms with Crippen LogP contribution in [0.1, 0.15) is 31.4 Å². The van der Waals surface area contributed by atoms with Crippen LogP contribution in [0.25, 0.3) is 0 Å². The second-order valence-electron chi connectivity index (χ2n) is 5.49. The molecule has 0 radical (unpaired) electrons. The van der Waals surface area contributed by atoms with Crippen LogP contribution in [0.15, 0.2) is 18.2 Å². The summed E-state index contributed by atoms with van der Waals surface area (Å²) in [7, 11) is 2.01. The molecular weight excluding hydrogens is 264 g/mol. The van der Waals surface area contributed by atoms with Crippen molar-refractivity contribution in [3.8, 4) is 0 Å². The summed E-state index contributed by atoms with van der Waals surface area (Å²) in [4.78, 5) is 14.1. The van der Waals surface area contributed by atoms with E-state index >= 15 is 0 Å². The van der Waals surface area contributed by atoms with Crippen LogP contribution in [0.3, 0.4) is 0 Å². The van der Waals surface area contributed by atoms with E-state index in [0.717, 1.165) is 18.7 Å². The zero-order chi connectivity index (χ0) is 15.8. The van der Waals surface area contributed by atoms with Gasteiger partial charge < -0.3 is 15.0 Å². The number of nitrogens with zero attached hydrogens (tertiary/aromatic N) is 1. The van der Waals surface area contributed by atoms with Gasteiger partial charge in [0.25, 0.3) is 0 Å². The van der Waals surface area contributed by atoms with Gasteiger partial charge in [-0.25, -0.2) is 0 Å². The molecule has 1 aromatic carbocycles. The maximum Gasteiger partial charge on any atom is 0.324 e. The van der Waals surface area contributed by atoms with Gasteiger partial charge in [0.2, 0.25) is 0 Å². The zero-order valence-electron chi connectivity index (χ0n) is 13.9. The van der Waals surface area contributed by atoms with Gasteiger partial charge in [-0.2, -0.15) is 0 Å². The maximum absolute atomic E-state index is 12.0. The lowest BCUT2D eigenvalue weighted by molar-refractivity contribution is -0.145. The summed E-state index contributed by atoms with van der Waals surface area (Å²) in [5.74, 6) is -0.179. The van der Waals surface area contributed by atoms with Crippen molar-refractivity contribution >= 4 is 11.7 Å². The van der Waals surface area contributed by atoms with Crippen molar-refractivity contribution in [2.45, 2.75) is 40.2 Å². The Kier molecular flexibility index (Phi) is 7.23. The molecule has 0 bridgehead atoms. The molecule has 0 saturated heterocycles. The van der Waals surface area contributed by atoms with Crippen molar-refractivity contribution in [2.24, 2.45) is 0 Å². The fraction of sp³-hybridized carbons (Fsp3) is 0.588. The number of rotatable bonds is 8. The van der Waals surface area contributed by atoms with Crippen LogP contribution in [0.5, 0.6) is 0 Å². The van der Waals surface area contributed by atoms with Crippen molar-refractivity contribution in [3.05, 3.63) is 29.3 Å². The van der Waals surface area contributed by atoms with Gasteiger partial charge in [-0.1, -0.05) is 13.0 Å². The van der Waals surface area contributed by atoms with Crippen LogP contribution in [0.2, 0.25) is 0 Å². The topological polar surface area (TPSA) is 41.6 Å². The van der Waals surface area contributed by atoms with Crippen LogP contribution in [-0.2, 0) is 9.53 Å². The highest BCUT2D eigenvalue weighted by Crippen LogP contribution is 2.17. The minimum absolute atomic E-state index is 0.179. The first-order valence-corrected chi connectivity index (χ1v) is 7.67. The number of esters is 1. The molecule has 1 N–H and O–H groups in total. The Morgan fingerprint density at radius 3 is 2.38 bits per heavy atom. The van der Waals surface area contributed by atoms with E-state index in [0.29, 0.717) is 13.2 Å². The van der Waals surface area contributed by atoms with Crippen LogP contribution in [0.4, 0.5) is 5.69 Å². The number of benzene rings is 1. The van der Waals surface area contributed by atoms with Crippen LogP contribution in [-0.4, -0.2) is 38.8 Å². The monoisotopic (exact) mass is 292 g/mol. The Bertz CT molecular complexity index is 440. The lowest BCUT2D eigenvalue weighted by Gasteiger charge is -2.26. The van der Waals surface area contributed by atoms with E-state index in [1.807, 2.05) is 14.0 Å². The van der Waals surface area contributed by atoms with Crippen LogP contribution < -0.4 is 10.2 Å². The third kappa shape index (κ3) is 5.76. The molecule has 0 saturated carbocycles. The van der Waals surface area contributed by atoms with Crippen molar-refractivity contribution in [3.63, 3.8) is 0 Å². The molecule has 4 nitrogen and oxygen atoms in total.